The normalized spacial score (nSPS) is 16.0. The molecule has 2 heterocycles. The average molecular weight is 551 g/mol. The standard InChI is InChI=1S/C27H20Cl2N4O3S/c1-16-13-19(9-10-22(16)28)36-12-11-35-18-6-4-5-17(14-18)15-21-24(30)33-27(31-25(21)34)37-26(32-33)20-7-2-3-8-23(20)29/h2-10,13-15,30H,11-12H2,1H3/b21-15-,30-24?. The van der Waals surface area contributed by atoms with Crippen molar-refractivity contribution < 1.29 is 14.3 Å². The number of aliphatic imine (C=N–C) groups is 1. The Hall–Kier alpha value is -3.59. The number of ether oxygens (including phenoxy) is 2. The fourth-order valence-corrected chi connectivity index (χ4v) is 4.95. The zero-order valence-electron chi connectivity index (χ0n) is 19.6. The molecule has 3 aromatic rings. The van der Waals surface area contributed by atoms with Crippen molar-refractivity contribution in [1.29, 1.82) is 5.41 Å². The van der Waals surface area contributed by atoms with E-state index in [2.05, 4.69) is 10.1 Å². The lowest BCUT2D eigenvalue weighted by Gasteiger charge is -2.20. The molecule has 2 aliphatic rings. The molecule has 3 aromatic carbocycles. The van der Waals surface area contributed by atoms with E-state index in [0.29, 0.717) is 44.8 Å². The van der Waals surface area contributed by atoms with Crippen molar-refractivity contribution in [2.24, 2.45) is 10.1 Å². The molecule has 10 heteroatoms. The summed E-state index contributed by atoms with van der Waals surface area (Å²) in [4.78, 5) is 16.9. The van der Waals surface area contributed by atoms with Crippen LogP contribution in [0.15, 0.2) is 82.4 Å². The summed E-state index contributed by atoms with van der Waals surface area (Å²) in [5.74, 6) is 0.776. The summed E-state index contributed by atoms with van der Waals surface area (Å²) < 4.78 is 11.5. The molecule has 1 N–H and O–H groups in total. The highest BCUT2D eigenvalue weighted by Crippen LogP contribution is 2.33. The molecule has 0 aromatic heterocycles. The van der Waals surface area contributed by atoms with Gasteiger partial charge in [0.05, 0.1) is 10.6 Å². The van der Waals surface area contributed by atoms with E-state index >= 15 is 0 Å². The summed E-state index contributed by atoms with van der Waals surface area (Å²) >= 11 is 13.5. The van der Waals surface area contributed by atoms with Crippen LogP contribution in [0.2, 0.25) is 10.0 Å². The third kappa shape index (κ3) is 5.56. The number of fused-ring (bicyclic) bond motifs is 1. The highest BCUT2D eigenvalue weighted by Gasteiger charge is 2.36. The Balaban J connectivity index is 1.26. The molecule has 0 saturated carbocycles. The molecule has 0 radical (unpaired) electrons. The van der Waals surface area contributed by atoms with Crippen LogP contribution in [0.1, 0.15) is 16.7 Å². The largest absolute Gasteiger partial charge is 0.490 e. The molecule has 0 saturated heterocycles. The first-order chi connectivity index (χ1) is 17.9. The fourth-order valence-electron chi connectivity index (χ4n) is 3.62. The fraction of sp³-hybridized carbons (Fsp3) is 0.111. The van der Waals surface area contributed by atoms with Crippen LogP contribution in [0.4, 0.5) is 0 Å². The lowest BCUT2D eigenvalue weighted by Crippen LogP contribution is -2.35. The van der Waals surface area contributed by atoms with Crippen LogP contribution < -0.4 is 9.47 Å². The Kier molecular flexibility index (Phi) is 7.32. The number of amidine groups is 2. The van der Waals surface area contributed by atoms with Crippen molar-refractivity contribution in [3.63, 3.8) is 0 Å². The van der Waals surface area contributed by atoms with E-state index in [-0.39, 0.29) is 11.4 Å². The SMILES string of the molecule is Cc1cc(OCCOc2cccc(/C=C3/C(=N)N4N=C(c5ccccc5Cl)SC4=NC3=O)c2)ccc1Cl. The summed E-state index contributed by atoms with van der Waals surface area (Å²) in [6.45, 7) is 2.60. The number of nitrogens with zero attached hydrogens (tertiary/aromatic N) is 3. The van der Waals surface area contributed by atoms with E-state index in [1.165, 1.54) is 16.8 Å². The number of nitrogens with one attached hydrogen (secondary N) is 1. The van der Waals surface area contributed by atoms with Gasteiger partial charge in [-0.15, -0.1) is 0 Å². The van der Waals surface area contributed by atoms with Gasteiger partial charge in [-0.2, -0.15) is 15.1 Å². The molecule has 186 valence electrons. The number of hydrazone groups is 1. The number of carbonyl (C=O) groups is 1. The lowest BCUT2D eigenvalue weighted by atomic mass is 10.1. The second-order valence-corrected chi connectivity index (χ2v) is 9.86. The van der Waals surface area contributed by atoms with Crippen LogP contribution in [0.25, 0.3) is 6.08 Å². The monoisotopic (exact) mass is 550 g/mol. The number of thioether (sulfide) groups is 1. The van der Waals surface area contributed by atoms with Gasteiger partial charge in [-0.3, -0.25) is 10.2 Å². The smallest absolute Gasteiger partial charge is 0.283 e. The predicted molar refractivity (Wildman–Crippen MR) is 149 cm³/mol. The molecular weight excluding hydrogens is 531 g/mol. The molecule has 2 aliphatic heterocycles. The van der Waals surface area contributed by atoms with Crippen molar-refractivity contribution in [1.82, 2.24) is 5.01 Å². The van der Waals surface area contributed by atoms with Crippen LogP contribution >= 0.6 is 35.0 Å². The molecule has 7 nitrogen and oxygen atoms in total. The number of aryl methyl sites for hydroxylation is 1. The second-order valence-electron chi connectivity index (χ2n) is 8.09. The Morgan fingerprint density at radius 3 is 2.49 bits per heavy atom. The third-order valence-electron chi connectivity index (χ3n) is 5.48. The summed E-state index contributed by atoms with van der Waals surface area (Å²) in [5, 5.41) is 16.6. The number of rotatable bonds is 7. The van der Waals surface area contributed by atoms with E-state index in [1.807, 2.05) is 55.5 Å². The van der Waals surface area contributed by atoms with E-state index in [9.17, 15) is 4.79 Å². The first-order valence-corrected chi connectivity index (χ1v) is 12.8. The molecule has 0 atom stereocenters. The van der Waals surface area contributed by atoms with Gasteiger partial charge in [0, 0.05) is 10.6 Å². The number of hydrogen-bond donors (Lipinski definition) is 1. The first kappa shape index (κ1) is 25.1. The van der Waals surface area contributed by atoms with E-state index in [1.54, 1.807) is 24.3 Å². The maximum atomic E-state index is 12.8. The van der Waals surface area contributed by atoms with Gasteiger partial charge in [-0.1, -0.05) is 53.5 Å². The molecule has 0 bridgehead atoms. The number of amides is 1. The maximum Gasteiger partial charge on any atom is 0.283 e. The van der Waals surface area contributed by atoms with Crippen molar-refractivity contribution in [2.75, 3.05) is 13.2 Å². The number of hydrogen-bond acceptors (Lipinski definition) is 6. The molecule has 5 rings (SSSR count). The highest BCUT2D eigenvalue weighted by atomic mass is 35.5. The summed E-state index contributed by atoms with van der Waals surface area (Å²) in [6, 6.07) is 20.0. The van der Waals surface area contributed by atoms with Gasteiger partial charge >= 0.3 is 0 Å². The Morgan fingerprint density at radius 1 is 0.973 bits per heavy atom. The zero-order valence-corrected chi connectivity index (χ0v) is 21.9. The van der Waals surface area contributed by atoms with Crippen molar-refractivity contribution in [3.8, 4) is 11.5 Å². The average Bonchev–Trinajstić information content (AvgIpc) is 3.31. The molecule has 0 aliphatic carbocycles. The Bertz CT molecular complexity index is 1500. The zero-order chi connectivity index (χ0) is 25.9. The lowest BCUT2D eigenvalue weighted by molar-refractivity contribution is -0.114. The van der Waals surface area contributed by atoms with Crippen LogP contribution in [0.5, 0.6) is 11.5 Å². The number of halogens is 2. The van der Waals surface area contributed by atoms with Gasteiger partial charge in [-0.05, 0) is 72.3 Å². The quantitative estimate of drug-likeness (QED) is 0.270. The summed E-state index contributed by atoms with van der Waals surface area (Å²) in [5.41, 5.74) is 2.49. The van der Waals surface area contributed by atoms with Crippen molar-refractivity contribution in [3.05, 3.63) is 99.0 Å². The molecule has 0 unspecified atom stereocenters. The van der Waals surface area contributed by atoms with Crippen LogP contribution in [0.3, 0.4) is 0 Å². The summed E-state index contributed by atoms with van der Waals surface area (Å²) in [7, 11) is 0. The van der Waals surface area contributed by atoms with Gasteiger partial charge in [-0.25, -0.2) is 0 Å². The van der Waals surface area contributed by atoms with Crippen LogP contribution in [-0.4, -0.2) is 40.2 Å². The molecule has 1 amide bonds. The van der Waals surface area contributed by atoms with Gasteiger partial charge in [0.2, 0.25) is 5.17 Å². The Morgan fingerprint density at radius 2 is 1.73 bits per heavy atom. The van der Waals surface area contributed by atoms with E-state index < -0.39 is 5.91 Å². The number of carbonyl (C=O) groups excluding carboxylic acids is 1. The van der Waals surface area contributed by atoms with Crippen LogP contribution in [0, 0.1) is 12.3 Å². The Labute approximate surface area is 227 Å². The van der Waals surface area contributed by atoms with Gasteiger partial charge < -0.3 is 9.47 Å². The van der Waals surface area contributed by atoms with Gasteiger partial charge in [0.15, 0.2) is 5.84 Å². The van der Waals surface area contributed by atoms with Crippen LogP contribution in [-0.2, 0) is 4.79 Å². The second kappa shape index (κ2) is 10.8. The molecule has 0 fully saturated rings. The van der Waals surface area contributed by atoms with E-state index in [0.717, 1.165) is 16.9 Å². The first-order valence-electron chi connectivity index (χ1n) is 11.3. The number of benzene rings is 3. The minimum Gasteiger partial charge on any atom is -0.490 e. The van der Waals surface area contributed by atoms with Crippen molar-refractivity contribution in [2.45, 2.75) is 6.92 Å². The minimum atomic E-state index is -0.502. The summed E-state index contributed by atoms with van der Waals surface area (Å²) in [6.07, 6.45) is 1.61. The molecule has 37 heavy (non-hydrogen) atoms. The highest BCUT2D eigenvalue weighted by molar-refractivity contribution is 8.27. The maximum absolute atomic E-state index is 12.8. The minimum absolute atomic E-state index is 0.0532. The van der Waals surface area contributed by atoms with E-state index in [4.69, 9.17) is 38.1 Å². The molecular formula is C27H20Cl2N4O3S. The third-order valence-corrected chi connectivity index (χ3v) is 7.17. The predicted octanol–water partition coefficient (Wildman–Crippen LogP) is 6.43. The topological polar surface area (TPSA) is 87.3 Å². The van der Waals surface area contributed by atoms with Crippen molar-refractivity contribution >= 4 is 63.0 Å². The van der Waals surface area contributed by atoms with Gasteiger partial charge in [0.25, 0.3) is 5.91 Å². The molecule has 0 spiro atoms. The van der Waals surface area contributed by atoms with Gasteiger partial charge in [0.1, 0.15) is 29.8 Å².